The van der Waals surface area contributed by atoms with Crippen molar-refractivity contribution in [2.45, 2.75) is 38.1 Å². The molecule has 1 amide bonds. The highest BCUT2D eigenvalue weighted by molar-refractivity contribution is 5.64. The van der Waals surface area contributed by atoms with Crippen LogP contribution in [0.15, 0.2) is 0 Å². The second-order valence-corrected chi connectivity index (χ2v) is 3.19. The van der Waals surface area contributed by atoms with Gasteiger partial charge in [-0.25, -0.2) is 4.79 Å². The lowest BCUT2D eigenvalue weighted by Crippen LogP contribution is -2.37. The molecule has 64 valence electrons. The minimum absolute atomic E-state index is 0.279. The minimum Gasteiger partial charge on any atom is -0.465 e. The molecule has 0 aromatic carbocycles. The first-order valence-corrected chi connectivity index (χ1v) is 4.17. The molecule has 1 aliphatic carbocycles. The molecule has 1 fully saturated rings. The van der Waals surface area contributed by atoms with E-state index in [1.165, 1.54) is 24.2 Å². The van der Waals surface area contributed by atoms with Crippen molar-refractivity contribution < 1.29 is 9.90 Å². The normalized spacial score (nSPS) is 19.7. The molecular weight excluding hydrogens is 142 g/mol. The molecule has 1 N–H and O–H groups in total. The van der Waals surface area contributed by atoms with Crippen molar-refractivity contribution in [1.82, 2.24) is 4.90 Å². The van der Waals surface area contributed by atoms with E-state index in [2.05, 4.69) is 0 Å². The fraction of sp³-hybridized carbons (Fsp3) is 0.875. The van der Waals surface area contributed by atoms with Gasteiger partial charge < -0.3 is 10.0 Å². The maximum atomic E-state index is 10.5. The van der Waals surface area contributed by atoms with E-state index in [0.717, 1.165) is 12.8 Å². The van der Waals surface area contributed by atoms with Gasteiger partial charge in [0.05, 0.1) is 0 Å². The van der Waals surface area contributed by atoms with E-state index in [-0.39, 0.29) is 6.04 Å². The maximum absolute atomic E-state index is 10.5. The second kappa shape index (κ2) is 3.60. The topological polar surface area (TPSA) is 40.5 Å². The third kappa shape index (κ3) is 2.10. The molecule has 3 nitrogen and oxygen atoms in total. The lowest BCUT2D eigenvalue weighted by atomic mass is 9.95. The van der Waals surface area contributed by atoms with Crippen LogP contribution < -0.4 is 0 Å². The molecule has 1 aliphatic rings. The second-order valence-electron chi connectivity index (χ2n) is 3.19. The van der Waals surface area contributed by atoms with Gasteiger partial charge in [-0.15, -0.1) is 0 Å². The Balaban J connectivity index is 2.38. The van der Waals surface area contributed by atoms with Gasteiger partial charge in [-0.3, -0.25) is 0 Å². The summed E-state index contributed by atoms with van der Waals surface area (Å²) in [6, 6.07) is 0.279. The predicted octanol–water partition coefficient (Wildman–Crippen LogP) is 1.93. The Morgan fingerprint density at radius 1 is 1.36 bits per heavy atom. The molecule has 0 bridgehead atoms. The number of amides is 1. The van der Waals surface area contributed by atoms with Crippen LogP contribution in [0.5, 0.6) is 0 Å². The van der Waals surface area contributed by atoms with E-state index in [1.807, 2.05) is 0 Å². The van der Waals surface area contributed by atoms with E-state index >= 15 is 0 Å². The van der Waals surface area contributed by atoms with Gasteiger partial charge >= 0.3 is 6.09 Å². The monoisotopic (exact) mass is 157 g/mol. The Bertz CT molecular complexity index is 141. The summed E-state index contributed by atoms with van der Waals surface area (Å²) < 4.78 is 0. The largest absolute Gasteiger partial charge is 0.465 e. The molecular formula is C8H15NO2. The van der Waals surface area contributed by atoms with Crippen LogP contribution >= 0.6 is 0 Å². The molecule has 3 heteroatoms. The number of carbonyl (C=O) groups is 1. The highest BCUT2D eigenvalue weighted by Crippen LogP contribution is 2.21. The van der Waals surface area contributed by atoms with Crippen LogP contribution in [0.4, 0.5) is 4.79 Å². The molecule has 0 radical (unpaired) electrons. The zero-order chi connectivity index (χ0) is 8.27. The Labute approximate surface area is 67.0 Å². The van der Waals surface area contributed by atoms with Crippen LogP contribution in [0.1, 0.15) is 32.1 Å². The van der Waals surface area contributed by atoms with Crippen LogP contribution in [0.25, 0.3) is 0 Å². The average molecular weight is 157 g/mol. The third-order valence-electron chi connectivity index (χ3n) is 2.42. The molecule has 0 heterocycles. The van der Waals surface area contributed by atoms with E-state index in [9.17, 15) is 4.79 Å². The first-order valence-electron chi connectivity index (χ1n) is 4.17. The van der Waals surface area contributed by atoms with Gasteiger partial charge in [0.25, 0.3) is 0 Å². The molecule has 0 aromatic heterocycles. The smallest absolute Gasteiger partial charge is 0.407 e. The SMILES string of the molecule is CN(C(=O)O)C1CCCCC1. The van der Waals surface area contributed by atoms with Gasteiger partial charge in [0.2, 0.25) is 0 Å². The fourth-order valence-electron chi connectivity index (χ4n) is 1.62. The molecule has 1 saturated carbocycles. The summed E-state index contributed by atoms with van der Waals surface area (Å²) in [5.74, 6) is 0. The summed E-state index contributed by atoms with van der Waals surface area (Å²) in [5.41, 5.74) is 0. The Morgan fingerprint density at radius 2 is 1.91 bits per heavy atom. The summed E-state index contributed by atoms with van der Waals surface area (Å²) in [6.45, 7) is 0. The molecule has 0 spiro atoms. The Morgan fingerprint density at radius 3 is 2.36 bits per heavy atom. The van der Waals surface area contributed by atoms with Gasteiger partial charge in [-0.2, -0.15) is 0 Å². The number of rotatable bonds is 1. The number of hydrogen-bond acceptors (Lipinski definition) is 1. The molecule has 0 atom stereocenters. The molecule has 0 saturated heterocycles. The van der Waals surface area contributed by atoms with Crippen LogP contribution in [-0.4, -0.2) is 29.2 Å². The summed E-state index contributed by atoms with van der Waals surface area (Å²) in [4.78, 5) is 12.0. The van der Waals surface area contributed by atoms with Gasteiger partial charge in [0.1, 0.15) is 0 Å². The molecule has 0 aromatic rings. The maximum Gasteiger partial charge on any atom is 0.407 e. The number of nitrogens with zero attached hydrogens (tertiary/aromatic N) is 1. The van der Waals surface area contributed by atoms with Crippen LogP contribution in [0.2, 0.25) is 0 Å². The standard InChI is InChI=1S/C8H15NO2/c1-9(8(10)11)7-5-3-2-4-6-7/h7H,2-6H2,1H3,(H,10,11). The fourth-order valence-corrected chi connectivity index (χ4v) is 1.62. The van der Waals surface area contributed by atoms with Crippen molar-refractivity contribution in [2.24, 2.45) is 0 Å². The minimum atomic E-state index is -0.795. The number of carboxylic acid groups (broad SMARTS) is 1. The molecule has 0 unspecified atom stereocenters. The van der Waals surface area contributed by atoms with E-state index in [0.29, 0.717) is 0 Å². The molecule has 11 heavy (non-hydrogen) atoms. The van der Waals surface area contributed by atoms with Crippen LogP contribution in [0, 0.1) is 0 Å². The zero-order valence-corrected chi connectivity index (χ0v) is 6.92. The first-order chi connectivity index (χ1) is 5.22. The highest BCUT2D eigenvalue weighted by Gasteiger charge is 2.20. The van der Waals surface area contributed by atoms with Crippen LogP contribution in [-0.2, 0) is 0 Å². The Hall–Kier alpha value is -0.730. The molecule has 1 rings (SSSR count). The van der Waals surface area contributed by atoms with Crippen molar-refractivity contribution in [3.8, 4) is 0 Å². The van der Waals surface area contributed by atoms with Gasteiger partial charge in [-0.05, 0) is 12.8 Å². The van der Waals surface area contributed by atoms with Crippen molar-refractivity contribution in [2.75, 3.05) is 7.05 Å². The van der Waals surface area contributed by atoms with Crippen molar-refractivity contribution in [3.63, 3.8) is 0 Å². The van der Waals surface area contributed by atoms with Crippen molar-refractivity contribution in [1.29, 1.82) is 0 Å². The summed E-state index contributed by atoms with van der Waals surface area (Å²) in [7, 11) is 1.66. The van der Waals surface area contributed by atoms with Crippen molar-refractivity contribution >= 4 is 6.09 Å². The third-order valence-corrected chi connectivity index (χ3v) is 2.42. The van der Waals surface area contributed by atoms with E-state index < -0.39 is 6.09 Å². The highest BCUT2D eigenvalue weighted by atomic mass is 16.4. The summed E-state index contributed by atoms with van der Waals surface area (Å²) in [6.07, 6.45) is 4.93. The lowest BCUT2D eigenvalue weighted by Gasteiger charge is -2.28. The van der Waals surface area contributed by atoms with Gasteiger partial charge in [0, 0.05) is 13.1 Å². The van der Waals surface area contributed by atoms with Gasteiger partial charge in [-0.1, -0.05) is 19.3 Å². The quantitative estimate of drug-likeness (QED) is 0.631. The summed E-state index contributed by atoms with van der Waals surface area (Å²) in [5, 5.41) is 8.66. The molecule has 0 aliphatic heterocycles. The van der Waals surface area contributed by atoms with E-state index in [4.69, 9.17) is 5.11 Å². The number of hydrogen-bond donors (Lipinski definition) is 1. The van der Waals surface area contributed by atoms with Crippen LogP contribution in [0.3, 0.4) is 0 Å². The zero-order valence-electron chi connectivity index (χ0n) is 6.92. The summed E-state index contributed by atoms with van der Waals surface area (Å²) >= 11 is 0. The predicted molar refractivity (Wildman–Crippen MR) is 42.7 cm³/mol. The van der Waals surface area contributed by atoms with E-state index in [1.54, 1.807) is 7.05 Å². The average Bonchev–Trinajstić information content (AvgIpc) is 2.05. The Kier molecular flexibility index (Phi) is 2.74. The van der Waals surface area contributed by atoms with Crippen molar-refractivity contribution in [3.05, 3.63) is 0 Å². The lowest BCUT2D eigenvalue weighted by molar-refractivity contribution is 0.126. The first kappa shape index (κ1) is 8.37. The van der Waals surface area contributed by atoms with Gasteiger partial charge in [0.15, 0.2) is 0 Å².